The minimum Gasteiger partial charge on any atom is -0.444 e. The fourth-order valence-electron chi connectivity index (χ4n) is 2.67. The number of carbonyl (C=O) groups is 1. The predicted octanol–water partition coefficient (Wildman–Crippen LogP) is 2.09. The standard InChI is InChI=1S/C15H19ClN4O4S/c1-15(2,3)24-14(21)19-6-7-25(22,23)11(9-19)13-18-8-10-12(16)17-4-5-20(10)13/h4-5,8,11H,6-7,9H2,1-3H3. The minimum absolute atomic E-state index is 0.0176. The van der Waals surface area contributed by atoms with Gasteiger partial charge in [0, 0.05) is 25.5 Å². The summed E-state index contributed by atoms with van der Waals surface area (Å²) in [7, 11) is -3.46. The Labute approximate surface area is 150 Å². The Morgan fingerprint density at radius 2 is 2.08 bits per heavy atom. The number of hydrogen-bond acceptors (Lipinski definition) is 6. The Morgan fingerprint density at radius 3 is 2.76 bits per heavy atom. The summed E-state index contributed by atoms with van der Waals surface area (Å²) in [5, 5.41) is -0.715. The molecule has 25 heavy (non-hydrogen) atoms. The van der Waals surface area contributed by atoms with Crippen molar-refractivity contribution in [2.75, 3.05) is 18.8 Å². The van der Waals surface area contributed by atoms with Crippen molar-refractivity contribution >= 4 is 33.0 Å². The van der Waals surface area contributed by atoms with Gasteiger partial charge >= 0.3 is 6.09 Å². The maximum Gasteiger partial charge on any atom is 0.410 e. The SMILES string of the molecule is CC(C)(C)OC(=O)N1CCS(=O)(=O)C(c2ncc3c(Cl)nccn23)C1. The molecule has 0 radical (unpaired) electrons. The average molecular weight is 387 g/mol. The van der Waals surface area contributed by atoms with Crippen LogP contribution in [-0.2, 0) is 14.6 Å². The summed E-state index contributed by atoms with van der Waals surface area (Å²) in [5.74, 6) is 0.164. The molecule has 0 aliphatic carbocycles. The number of amides is 1. The van der Waals surface area contributed by atoms with Crippen LogP contribution in [0, 0.1) is 0 Å². The van der Waals surface area contributed by atoms with Gasteiger partial charge in [-0.15, -0.1) is 0 Å². The monoisotopic (exact) mass is 386 g/mol. The van der Waals surface area contributed by atoms with E-state index in [0.29, 0.717) is 11.3 Å². The van der Waals surface area contributed by atoms with Gasteiger partial charge in [0.05, 0.1) is 11.9 Å². The van der Waals surface area contributed by atoms with E-state index in [0.717, 1.165) is 0 Å². The van der Waals surface area contributed by atoms with Crippen LogP contribution < -0.4 is 0 Å². The number of ether oxygens (including phenoxy) is 1. The lowest BCUT2D eigenvalue weighted by atomic mass is 10.2. The number of rotatable bonds is 1. The normalized spacial score (nSPS) is 20.6. The summed E-state index contributed by atoms with van der Waals surface area (Å²) in [6, 6.07) is 0. The molecule has 1 saturated heterocycles. The molecular formula is C15H19ClN4O4S. The smallest absolute Gasteiger partial charge is 0.410 e. The number of carbonyl (C=O) groups excluding carboxylic acids is 1. The van der Waals surface area contributed by atoms with E-state index in [1.807, 2.05) is 0 Å². The number of halogens is 1. The van der Waals surface area contributed by atoms with Crippen molar-refractivity contribution in [1.82, 2.24) is 19.3 Å². The van der Waals surface area contributed by atoms with Gasteiger partial charge in [-0.1, -0.05) is 11.6 Å². The molecule has 2 aromatic rings. The van der Waals surface area contributed by atoms with Crippen molar-refractivity contribution in [2.45, 2.75) is 31.6 Å². The molecule has 1 amide bonds. The molecule has 2 aromatic heterocycles. The Hall–Kier alpha value is -1.87. The predicted molar refractivity (Wildman–Crippen MR) is 92.3 cm³/mol. The quantitative estimate of drug-likeness (QED) is 0.744. The van der Waals surface area contributed by atoms with Crippen LogP contribution in [0.5, 0.6) is 0 Å². The number of aromatic nitrogens is 3. The number of fused-ring (bicyclic) bond motifs is 1. The first kappa shape index (κ1) is 17.9. The molecule has 1 unspecified atom stereocenters. The first-order chi connectivity index (χ1) is 11.6. The molecule has 3 heterocycles. The van der Waals surface area contributed by atoms with Crippen LogP contribution in [0.2, 0.25) is 5.15 Å². The summed E-state index contributed by atoms with van der Waals surface area (Å²) in [6.45, 7) is 5.37. The van der Waals surface area contributed by atoms with Crippen LogP contribution in [0.4, 0.5) is 4.79 Å². The lowest BCUT2D eigenvalue weighted by Gasteiger charge is -2.33. The summed E-state index contributed by atoms with van der Waals surface area (Å²) in [5.41, 5.74) is -0.133. The summed E-state index contributed by atoms with van der Waals surface area (Å²) in [6.07, 6.45) is 4.02. The Bertz CT molecular complexity index is 919. The van der Waals surface area contributed by atoms with Crippen LogP contribution in [0.3, 0.4) is 0 Å². The fraction of sp³-hybridized carbons (Fsp3) is 0.533. The summed E-state index contributed by atoms with van der Waals surface area (Å²) < 4.78 is 32.1. The topological polar surface area (TPSA) is 93.9 Å². The highest BCUT2D eigenvalue weighted by atomic mass is 35.5. The van der Waals surface area contributed by atoms with Gasteiger partial charge in [0.15, 0.2) is 15.0 Å². The third-order valence-corrected chi connectivity index (χ3v) is 6.12. The third-order valence-electron chi connectivity index (χ3n) is 3.85. The zero-order valence-electron chi connectivity index (χ0n) is 14.1. The van der Waals surface area contributed by atoms with Gasteiger partial charge in [0.1, 0.15) is 22.2 Å². The van der Waals surface area contributed by atoms with E-state index in [1.54, 1.807) is 31.4 Å². The van der Waals surface area contributed by atoms with E-state index in [1.165, 1.54) is 17.3 Å². The maximum atomic E-state index is 12.6. The van der Waals surface area contributed by atoms with E-state index in [2.05, 4.69) is 9.97 Å². The molecule has 136 valence electrons. The zero-order chi connectivity index (χ0) is 18.4. The van der Waals surface area contributed by atoms with Crippen molar-refractivity contribution in [3.63, 3.8) is 0 Å². The van der Waals surface area contributed by atoms with Crippen LogP contribution in [0.15, 0.2) is 18.6 Å². The van der Waals surface area contributed by atoms with E-state index in [4.69, 9.17) is 16.3 Å². The van der Waals surface area contributed by atoms with E-state index >= 15 is 0 Å². The van der Waals surface area contributed by atoms with Gasteiger partial charge in [-0.2, -0.15) is 0 Å². The number of sulfone groups is 1. The molecule has 0 aromatic carbocycles. The molecule has 0 spiro atoms. The molecule has 10 heteroatoms. The number of imidazole rings is 1. The van der Waals surface area contributed by atoms with Crippen LogP contribution in [0.25, 0.3) is 5.52 Å². The molecule has 1 aliphatic heterocycles. The van der Waals surface area contributed by atoms with E-state index in [9.17, 15) is 13.2 Å². The van der Waals surface area contributed by atoms with E-state index < -0.39 is 26.8 Å². The Morgan fingerprint density at radius 1 is 1.36 bits per heavy atom. The molecule has 1 atom stereocenters. The van der Waals surface area contributed by atoms with Gasteiger partial charge in [0.2, 0.25) is 0 Å². The second kappa shape index (κ2) is 6.14. The highest BCUT2D eigenvalue weighted by molar-refractivity contribution is 7.91. The molecule has 0 bridgehead atoms. The van der Waals surface area contributed by atoms with Crippen LogP contribution in [0.1, 0.15) is 31.8 Å². The molecule has 0 N–H and O–H groups in total. The maximum absolute atomic E-state index is 12.6. The fourth-order valence-corrected chi connectivity index (χ4v) is 4.53. The van der Waals surface area contributed by atoms with Gasteiger partial charge in [0.25, 0.3) is 0 Å². The van der Waals surface area contributed by atoms with Crippen molar-refractivity contribution in [3.8, 4) is 0 Å². The Balaban J connectivity index is 1.95. The van der Waals surface area contributed by atoms with Crippen LogP contribution >= 0.6 is 11.6 Å². The average Bonchev–Trinajstić information content (AvgIpc) is 2.90. The second-order valence-electron chi connectivity index (χ2n) is 6.87. The summed E-state index contributed by atoms with van der Waals surface area (Å²) in [4.78, 5) is 21.9. The number of hydrogen-bond donors (Lipinski definition) is 0. The van der Waals surface area contributed by atoms with E-state index in [-0.39, 0.29) is 24.0 Å². The molecule has 1 fully saturated rings. The molecular weight excluding hydrogens is 368 g/mol. The largest absolute Gasteiger partial charge is 0.444 e. The molecule has 3 rings (SSSR count). The highest BCUT2D eigenvalue weighted by Crippen LogP contribution is 2.29. The van der Waals surface area contributed by atoms with Crippen molar-refractivity contribution in [2.24, 2.45) is 0 Å². The molecule has 8 nitrogen and oxygen atoms in total. The zero-order valence-corrected chi connectivity index (χ0v) is 15.7. The van der Waals surface area contributed by atoms with Crippen molar-refractivity contribution < 1.29 is 17.9 Å². The molecule has 1 aliphatic rings. The second-order valence-corrected chi connectivity index (χ2v) is 9.53. The van der Waals surface area contributed by atoms with Gasteiger partial charge in [-0.25, -0.2) is 23.2 Å². The minimum atomic E-state index is -3.46. The first-order valence-corrected chi connectivity index (χ1v) is 9.85. The van der Waals surface area contributed by atoms with Crippen LogP contribution in [-0.4, -0.2) is 58.2 Å². The lowest BCUT2D eigenvalue weighted by Crippen LogP contribution is -2.47. The van der Waals surface area contributed by atoms with Gasteiger partial charge in [-0.05, 0) is 20.8 Å². The highest BCUT2D eigenvalue weighted by Gasteiger charge is 2.39. The van der Waals surface area contributed by atoms with Gasteiger partial charge in [-0.3, -0.25) is 4.40 Å². The summed E-state index contributed by atoms with van der Waals surface area (Å²) >= 11 is 6.03. The first-order valence-electron chi connectivity index (χ1n) is 7.75. The number of nitrogens with zero attached hydrogens (tertiary/aromatic N) is 4. The van der Waals surface area contributed by atoms with Crippen molar-refractivity contribution in [3.05, 3.63) is 29.6 Å². The molecule has 0 saturated carbocycles. The lowest BCUT2D eigenvalue weighted by molar-refractivity contribution is 0.0252. The Kier molecular flexibility index (Phi) is 4.40. The van der Waals surface area contributed by atoms with Crippen molar-refractivity contribution in [1.29, 1.82) is 0 Å². The third kappa shape index (κ3) is 3.57. The van der Waals surface area contributed by atoms with Gasteiger partial charge < -0.3 is 9.64 Å².